The number of halogens is 4. The van der Waals surface area contributed by atoms with Crippen LogP contribution in [0.3, 0.4) is 0 Å². The largest absolute Gasteiger partial charge is 0.497 e. The predicted molar refractivity (Wildman–Crippen MR) is 77.8 cm³/mol. The first kappa shape index (κ1) is 16.7. The van der Waals surface area contributed by atoms with Gasteiger partial charge in [-0.3, -0.25) is 4.79 Å². The molecule has 2 aromatic carbocycles. The number of rotatable bonds is 4. The molecule has 0 heterocycles. The lowest BCUT2D eigenvalue weighted by molar-refractivity contribution is -0.140. The first-order valence-corrected chi connectivity index (χ1v) is 6.54. The van der Waals surface area contributed by atoms with Gasteiger partial charge in [-0.25, -0.2) is 4.39 Å². The fourth-order valence-corrected chi connectivity index (χ4v) is 1.91. The Hall–Kier alpha value is -2.63. The van der Waals surface area contributed by atoms with E-state index in [0.29, 0.717) is 17.4 Å². The molecule has 2 nitrogen and oxygen atoms in total. The number of ether oxygens (including phenoxy) is 1. The van der Waals surface area contributed by atoms with Crippen LogP contribution in [-0.2, 0) is 6.18 Å². The quantitative estimate of drug-likeness (QED) is 0.461. The molecule has 0 saturated carbocycles. The number of hydrogen-bond acceptors (Lipinski definition) is 2. The lowest BCUT2D eigenvalue weighted by Gasteiger charge is -2.08. The van der Waals surface area contributed by atoms with Gasteiger partial charge in [0.2, 0.25) is 0 Å². The van der Waals surface area contributed by atoms with E-state index in [2.05, 4.69) is 0 Å². The highest BCUT2D eigenvalue weighted by molar-refractivity contribution is 6.07. The van der Waals surface area contributed by atoms with Crippen LogP contribution < -0.4 is 4.74 Å². The Bertz CT molecular complexity index is 748. The number of alkyl halides is 3. The summed E-state index contributed by atoms with van der Waals surface area (Å²) in [5, 5.41) is 0. The van der Waals surface area contributed by atoms with Crippen LogP contribution in [0.4, 0.5) is 17.6 Å². The minimum Gasteiger partial charge on any atom is -0.497 e. The zero-order chi connectivity index (χ0) is 17.0. The zero-order valence-electron chi connectivity index (χ0n) is 12.0. The van der Waals surface area contributed by atoms with E-state index < -0.39 is 23.3 Å². The molecule has 0 aliphatic carbocycles. The normalized spacial score (nSPS) is 11.7. The van der Waals surface area contributed by atoms with E-state index in [4.69, 9.17) is 4.74 Å². The van der Waals surface area contributed by atoms with Crippen LogP contribution in [0, 0.1) is 5.82 Å². The smallest absolute Gasteiger partial charge is 0.419 e. The van der Waals surface area contributed by atoms with E-state index in [9.17, 15) is 22.4 Å². The summed E-state index contributed by atoms with van der Waals surface area (Å²) in [6, 6.07) is 8.90. The number of hydrogen-bond donors (Lipinski definition) is 0. The third kappa shape index (κ3) is 4.18. The van der Waals surface area contributed by atoms with Crippen molar-refractivity contribution >= 4 is 11.9 Å². The summed E-state index contributed by atoms with van der Waals surface area (Å²) >= 11 is 0. The lowest BCUT2D eigenvalue weighted by Crippen LogP contribution is -2.08. The minimum absolute atomic E-state index is 0.0787. The highest BCUT2D eigenvalue weighted by atomic mass is 19.4. The number of allylic oxidation sites excluding steroid dienone is 1. The molecule has 0 bridgehead atoms. The van der Waals surface area contributed by atoms with E-state index in [0.717, 1.165) is 12.1 Å². The molecular weight excluding hydrogens is 312 g/mol. The van der Waals surface area contributed by atoms with Gasteiger partial charge in [0.15, 0.2) is 5.78 Å². The molecule has 0 radical (unpaired) electrons. The van der Waals surface area contributed by atoms with Crippen molar-refractivity contribution in [1.82, 2.24) is 0 Å². The first-order chi connectivity index (χ1) is 10.8. The molecule has 0 N–H and O–H groups in total. The fraction of sp³-hybridized carbons (Fsp3) is 0.118. The van der Waals surface area contributed by atoms with Gasteiger partial charge in [-0.15, -0.1) is 0 Å². The monoisotopic (exact) mass is 324 g/mol. The molecule has 2 aromatic rings. The Kier molecular flexibility index (Phi) is 4.83. The van der Waals surface area contributed by atoms with Crippen molar-refractivity contribution in [2.75, 3.05) is 7.11 Å². The van der Waals surface area contributed by atoms with E-state index in [1.807, 2.05) is 0 Å². The van der Waals surface area contributed by atoms with E-state index in [1.54, 1.807) is 18.2 Å². The Morgan fingerprint density at radius 3 is 2.52 bits per heavy atom. The summed E-state index contributed by atoms with van der Waals surface area (Å²) in [7, 11) is 1.45. The molecule has 23 heavy (non-hydrogen) atoms. The van der Waals surface area contributed by atoms with Gasteiger partial charge < -0.3 is 4.74 Å². The fourth-order valence-electron chi connectivity index (χ4n) is 1.91. The minimum atomic E-state index is -4.79. The van der Waals surface area contributed by atoms with E-state index >= 15 is 0 Å². The molecule has 0 amide bonds. The highest BCUT2D eigenvalue weighted by Crippen LogP contribution is 2.32. The standard InChI is InChI=1S/C17H12F4O2/c1-23-13-4-2-3-12(10-13)16(22)8-6-11-5-7-15(18)14(9-11)17(19,20)21/h2-10H,1H3/b8-6+. The van der Waals surface area contributed by atoms with Gasteiger partial charge in [0.1, 0.15) is 11.6 Å². The van der Waals surface area contributed by atoms with Crippen LogP contribution in [-0.4, -0.2) is 12.9 Å². The maximum atomic E-state index is 13.2. The number of carbonyl (C=O) groups is 1. The van der Waals surface area contributed by atoms with Crippen LogP contribution in [0.1, 0.15) is 21.5 Å². The summed E-state index contributed by atoms with van der Waals surface area (Å²) in [4.78, 5) is 12.0. The molecule has 2 rings (SSSR count). The van der Waals surface area contributed by atoms with Crippen molar-refractivity contribution in [2.45, 2.75) is 6.18 Å². The summed E-state index contributed by atoms with van der Waals surface area (Å²) in [5.41, 5.74) is -0.956. The number of benzene rings is 2. The van der Waals surface area contributed by atoms with E-state index in [-0.39, 0.29) is 5.56 Å². The number of carbonyl (C=O) groups excluding carboxylic acids is 1. The van der Waals surface area contributed by atoms with Gasteiger partial charge in [0, 0.05) is 5.56 Å². The molecule has 6 heteroatoms. The van der Waals surface area contributed by atoms with Gasteiger partial charge in [0.25, 0.3) is 0 Å². The third-order valence-electron chi connectivity index (χ3n) is 3.08. The maximum absolute atomic E-state index is 13.2. The van der Waals surface area contributed by atoms with Crippen LogP contribution in [0.5, 0.6) is 5.75 Å². The van der Waals surface area contributed by atoms with E-state index in [1.165, 1.54) is 25.3 Å². The SMILES string of the molecule is COc1cccc(C(=O)/C=C/c2ccc(F)c(C(F)(F)F)c2)c1. The molecule has 0 aromatic heterocycles. The first-order valence-electron chi connectivity index (χ1n) is 6.54. The Labute approximate surface area is 130 Å². The average molecular weight is 324 g/mol. The lowest BCUT2D eigenvalue weighted by atomic mass is 10.1. The molecule has 0 spiro atoms. The van der Waals surface area contributed by atoms with Crippen LogP contribution in [0.2, 0.25) is 0 Å². The van der Waals surface area contributed by atoms with Crippen LogP contribution >= 0.6 is 0 Å². The number of ketones is 1. The van der Waals surface area contributed by atoms with Crippen LogP contribution in [0.15, 0.2) is 48.5 Å². The van der Waals surface area contributed by atoms with Crippen molar-refractivity contribution in [3.05, 3.63) is 71.0 Å². The molecule has 0 unspecified atom stereocenters. The maximum Gasteiger partial charge on any atom is 0.419 e. The summed E-state index contributed by atoms with van der Waals surface area (Å²) in [6.07, 6.45) is -2.45. The molecule has 0 atom stereocenters. The van der Waals surface area contributed by atoms with Gasteiger partial charge >= 0.3 is 6.18 Å². The van der Waals surface area contributed by atoms with Gasteiger partial charge in [-0.05, 0) is 35.9 Å². The third-order valence-corrected chi connectivity index (χ3v) is 3.08. The van der Waals surface area contributed by atoms with Crippen molar-refractivity contribution in [2.24, 2.45) is 0 Å². The molecular formula is C17H12F4O2. The average Bonchev–Trinajstić information content (AvgIpc) is 2.52. The second kappa shape index (κ2) is 6.64. The van der Waals surface area contributed by atoms with Gasteiger partial charge in [-0.1, -0.05) is 24.3 Å². The Morgan fingerprint density at radius 1 is 1.13 bits per heavy atom. The Balaban J connectivity index is 2.24. The second-order valence-corrected chi connectivity index (χ2v) is 4.67. The van der Waals surface area contributed by atoms with Crippen molar-refractivity contribution < 1.29 is 27.1 Å². The molecule has 0 fully saturated rings. The van der Waals surface area contributed by atoms with Crippen LogP contribution in [0.25, 0.3) is 6.08 Å². The molecule has 0 aliphatic rings. The van der Waals surface area contributed by atoms with Crippen molar-refractivity contribution in [3.8, 4) is 5.75 Å². The number of methoxy groups -OCH3 is 1. The summed E-state index contributed by atoms with van der Waals surface area (Å²) in [5.74, 6) is -1.26. The van der Waals surface area contributed by atoms with Gasteiger partial charge in [-0.2, -0.15) is 13.2 Å². The summed E-state index contributed by atoms with van der Waals surface area (Å²) < 4.78 is 56.1. The van der Waals surface area contributed by atoms with Crippen molar-refractivity contribution in [1.29, 1.82) is 0 Å². The van der Waals surface area contributed by atoms with Crippen molar-refractivity contribution in [3.63, 3.8) is 0 Å². The second-order valence-electron chi connectivity index (χ2n) is 4.67. The Morgan fingerprint density at radius 2 is 1.87 bits per heavy atom. The topological polar surface area (TPSA) is 26.3 Å². The molecule has 0 aliphatic heterocycles. The zero-order valence-corrected chi connectivity index (χ0v) is 12.0. The molecule has 120 valence electrons. The summed E-state index contributed by atoms with van der Waals surface area (Å²) in [6.45, 7) is 0. The molecule has 0 saturated heterocycles. The van der Waals surface area contributed by atoms with Gasteiger partial charge in [0.05, 0.1) is 12.7 Å². The highest BCUT2D eigenvalue weighted by Gasteiger charge is 2.33. The predicted octanol–water partition coefficient (Wildman–Crippen LogP) is 4.75.